The summed E-state index contributed by atoms with van der Waals surface area (Å²) in [5, 5.41) is 2.64. The lowest BCUT2D eigenvalue weighted by molar-refractivity contribution is 0.634. The van der Waals surface area contributed by atoms with E-state index in [2.05, 4.69) is 245 Å². The third-order valence-electron chi connectivity index (χ3n) is 14.4. The third-order valence-corrected chi connectivity index (χ3v) is 14.4. The summed E-state index contributed by atoms with van der Waals surface area (Å²) in [5.74, 6) is 0. The van der Waals surface area contributed by atoms with Crippen LogP contribution in [0.3, 0.4) is 0 Å². The fraction of sp³-hybridized carbons (Fsp3) is 0.0794. The average Bonchev–Trinajstić information content (AvgIpc) is 3.79. The summed E-state index contributed by atoms with van der Waals surface area (Å²) in [7, 11) is 0. The van der Waals surface area contributed by atoms with Crippen LogP contribution in [0.2, 0.25) is 0 Å². The first kappa shape index (κ1) is 37.2. The summed E-state index contributed by atoms with van der Waals surface area (Å²) in [4.78, 5) is 0. The fourth-order valence-corrected chi connectivity index (χ4v) is 11.9. The summed E-state index contributed by atoms with van der Waals surface area (Å²) >= 11 is 0. The van der Waals surface area contributed by atoms with Crippen LogP contribution in [0.1, 0.15) is 61.2 Å². The van der Waals surface area contributed by atoms with Crippen LogP contribution in [0.4, 0.5) is 0 Å². The summed E-state index contributed by atoms with van der Waals surface area (Å²) in [6, 6.07) is 84.0. The highest BCUT2D eigenvalue weighted by molar-refractivity contribution is 5.96. The molecule has 0 N–H and O–H groups in total. The highest BCUT2D eigenvalue weighted by atomic mass is 14.6. The van der Waals surface area contributed by atoms with Crippen molar-refractivity contribution in [2.24, 2.45) is 0 Å². The van der Waals surface area contributed by atoms with Gasteiger partial charge in [-0.25, -0.2) is 0 Å². The molecule has 0 aromatic heterocycles. The lowest BCUT2D eigenvalue weighted by Crippen LogP contribution is -2.44. The van der Waals surface area contributed by atoms with Crippen LogP contribution in [0, 0.1) is 20.8 Å². The molecule has 10 aromatic carbocycles. The molecule has 0 amide bonds. The Bertz CT molecular complexity index is 3360. The summed E-state index contributed by atoms with van der Waals surface area (Å²) in [6.07, 6.45) is 0. The number of hydrogen-bond donors (Lipinski definition) is 0. The van der Waals surface area contributed by atoms with Gasteiger partial charge in [-0.1, -0.05) is 230 Å². The molecule has 13 rings (SSSR count). The molecule has 0 fully saturated rings. The molecule has 3 aliphatic carbocycles. The normalized spacial score (nSPS) is 13.9. The molecular formula is C63H46. The molecule has 2 spiro atoms. The lowest BCUT2D eigenvalue weighted by Gasteiger charge is -2.49. The second kappa shape index (κ2) is 14.3. The van der Waals surface area contributed by atoms with E-state index in [0.29, 0.717) is 0 Å². The van der Waals surface area contributed by atoms with Gasteiger partial charge in [-0.05, 0) is 132 Å². The molecule has 63 heavy (non-hydrogen) atoms. The minimum atomic E-state index is -0.518. The monoisotopic (exact) mass is 802 g/mol. The molecule has 0 heterocycles. The first-order chi connectivity index (χ1) is 31.0. The fourth-order valence-electron chi connectivity index (χ4n) is 11.9. The summed E-state index contributed by atoms with van der Waals surface area (Å²) < 4.78 is 0. The zero-order valence-electron chi connectivity index (χ0n) is 35.9. The van der Waals surface area contributed by atoms with Gasteiger partial charge in [0.05, 0.1) is 10.8 Å². The average molecular weight is 803 g/mol. The molecule has 0 unspecified atom stereocenters. The first-order valence-corrected chi connectivity index (χ1v) is 22.3. The molecule has 3 aliphatic rings. The maximum Gasteiger partial charge on any atom is 0.0725 e. The number of benzene rings is 10. The minimum absolute atomic E-state index is 0.483. The quantitative estimate of drug-likeness (QED) is 0.163. The summed E-state index contributed by atoms with van der Waals surface area (Å²) in [6.45, 7) is 6.60. The number of fused-ring (bicyclic) bond motifs is 17. The van der Waals surface area contributed by atoms with Crippen molar-refractivity contribution in [1.29, 1.82) is 0 Å². The molecule has 298 valence electrons. The maximum atomic E-state index is 2.45. The van der Waals surface area contributed by atoms with Crippen molar-refractivity contribution in [3.8, 4) is 44.5 Å². The largest absolute Gasteiger partial charge is 0.0725 e. The van der Waals surface area contributed by atoms with Crippen LogP contribution >= 0.6 is 0 Å². The van der Waals surface area contributed by atoms with E-state index in [1.807, 2.05) is 0 Å². The Morgan fingerprint density at radius 1 is 0.254 bits per heavy atom. The van der Waals surface area contributed by atoms with Crippen LogP contribution in [-0.4, -0.2) is 0 Å². The predicted octanol–water partition coefficient (Wildman–Crippen LogP) is 15.8. The highest BCUT2D eigenvalue weighted by Gasteiger charge is 2.59. The van der Waals surface area contributed by atoms with Crippen LogP contribution in [0.15, 0.2) is 224 Å². The first-order valence-electron chi connectivity index (χ1n) is 22.3. The second-order valence-corrected chi connectivity index (χ2v) is 17.7. The van der Waals surface area contributed by atoms with Gasteiger partial charge in [0, 0.05) is 0 Å². The van der Waals surface area contributed by atoms with E-state index in [1.165, 1.54) is 116 Å². The Labute approximate surface area is 370 Å². The molecule has 0 saturated heterocycles. The van der Waals surface area contributed by atoms with Gasteiger partial charge >= 0.3 is 0 Å². The second-order valence-electron chi connectivity index (χ2n) is 17.7. The zero-order valence-corrected chi connectivity index (χ0v) is 35.9. The van der Waals surface area contributed by atoms with Crippen molar-refractivity contribution in [1.82, 2.24) is 0 Å². The van der Waals surface area contributed by atoms with E-state index in [1.54, 1.807) is 0 Å². The van der Waals surface area contributed by atoms with Crippen molar-refractivity contribution in [2.75, 3.05) is 0 Å². The Kier molecular flexibility index (Phi) is 8.43. The van der Waals surface area contributed by atoms with E-state index in [0.717, 1.165) is 0 Å². The number of aryl methyl sites for hydroxylation is 3. The van der Waals surface area contributed by atoms with Crippen molar-refractivity contribution in [2.45, 2.75) is 31.6 Å². The van der Waals surface area contributed by atoms with Gasteiger partial charge < -0.3 is 0 Å². The predicted molar refractivity (Wildman–Crippen MR) is 264 cm³/mol. The van der Waals surface area contributed by atoms with Gasteiger partial charge in [-0.15, -0.1) is 0 Å². The van der Waals surface area contributed by atoms with E-state index < -0.39 is 10.8 Å². The third kappa shape index (κ3) is 5.22. The molecular weight excluding hydrogens is 757 g/mol. The summed E-state index contributed by atoms with van der Waals surface area (Å²) in [5.41, 5.74) is 24.3. The van der Waals surface area contributed by atoms with Crippen LogP contribution in [0.25, 0.3) is 55.3 Å². The van der Waals surface area contributed by atoms with Gasteiger partial charge in [-0.2, -0.15) is 0 Å². The molecule has 0 nitrogen and oxygen atoms in total. The molecule has 10 aromatic rings. The van der Waals surface area contributed by atoms with Gasteiger partial charge in [0.2, 0.25) is 0 Å². The Morgan fingerprint density at radius 2 is 0.683 bits per heavy atom. The lowest BCUT2D eigenvalue weighted by atomic mass is 9.51. The Morgan fingerprint density at radius 3 is 1.25 bits per heavy atom. The topological polar surface area (TPSA) is 0 Å². The van der Waals surface area contributed by atoms with Crippen molar-refractivity contribution < 1.29 is 0 Å². The minimum Gasteiger partial charge on any atom is -0.0620 e. The van der Waals surface area contributed by atoms with Gasteiger partial charge in [-0.3, -0.25) is 0 Å². The Hall–Kier alpha value is -7.54. The molecule has 0 saturated carbocycles. The smallest absolute Gasteiger partial charge is 0.0620 e. The van der Waals surface area contributed by atoms with E-state index in [4.69, 9.17) is 0 Å². The van der Waals surface area contributed by atoms with Crippen LogP contribution < -0.4 is 0 Å². The number of rotatable bonds is 2. The SMILES string of the molecule is Cc1ccc2ccccc2c1.Cc1ccccc1-c1ccc(-c2cccc3c2C2(c4ccccc4-c4ccccc42)c2ccccc2C32c3ccccc3-c3ccccc32)cc1C. The van der Waals surface area contributed by atoms with Gasteiger partial charge in [0.25, 0.3) is 0 Å². The highest BCUT2D eigenvalue weighted by Crippen LogP contribution is 2.68. The van der Waals surface area contributed by atoms with E-state index in [-0.39, 0.29) is 0 Å². The van der Waals surface area contributed by atoms with Gasteiger partial charge in [0.1, 0.15) is 0 Å². The van der Waals surface area contributed by atoms with E-state index >= 15 is 0 Å². The molecule has 0 bridgehead atoms. The van der Waals surface area contributed by atoms with Gasteiger partial charge in [0.15, 0.2) is 0 Å². The zero-order chi connectivity index (χ0) is 42.3. The standard InChI is InChI=1S/C52H36.C11H10/c1-33-16-3-4-17-36(33)37-31-30-35(32-34(37)2)38-22-15-29-49-50(38)52(45-25-11-7-20-41(45)42-21-8-12-26-46(42)52)48-28-14-13-27-47(48)51(49)43-23-9-5-18-39(43)40-19-6-10-24-44(40)51;1-9-6-7-10-4-2-3-5-11(10)8-9/h3-32H,1-2H3;2-8H,1H3. The van der Waals surface area contributed by atoms with Crippen LogP contribution in [-0.2, 0) is 10.8 Å². The molecule has 0 atom stereocenters. The maximum absolute atomic E-state index is 2.45. The molecule has 0 aliphatic heterocycles. The number of hydrogen-bond acceptors (Lipinski definition) is 0. The molecule has 0 radical (unpaired) electrons. The van der Waals surface area contributed by atoms with Crippen molar-refractivity contribution in [3.63, 3.8) is 0 Å². The van der Waals surface area contributed by atoms with E-state index in [9.17, 15) is 0 Å². The van der Waals surface area contributed by atoms with Crippen molar-refractivity contribution >= 4 is 10.8 Å². The van der Waals surface area contributed by atoms with Crippen LogP contribution in [0.5, 0.6) is 0 Å². The Balaban J connectivity index is 0.000000334. The molecule has 0 heteroatoms. The van der Waals surface area contributed by atoms with Crippen molar-refractivity contribution in [3.05, 3.63) is 286 Å².